The Morgan fingerprint density at radius 2 is 2.15 bits per heavy atom. The highest BCUT2D eigenvalue weighted by Gasteiger charge is 2.22. The van der Waals surface area contributed by atoms with E-state index in [4.69, 9.17) is 9.47 Å². The first kappa shape index (κ1) is 10.7. The summed E-state index contributed by atoms with van der Waals surface area (Å²) >= 11 is 0. The molecule has 0 N–H and O–H groups in total. The fraction of sp³-hybridized carbons (Fsp3) is 0.900. The monoisotopic (exact) mass is 186 g/mol. The summed E-state index contributed by atoms with van der Waals surface area (Å²) in [5.74, 6) is 0.545. The van der Waals surface area contributed by atoms with Crippen molar-refractivity contribution in [2.24, 2.45) is 5.92 Å². The maximum absolute atomic E-state index is 11.6. The van der Waals surface area contributed by atoms with Crippen LogP contribution in [0.5, 0.6) is 0 Å². The number of hydrogen-bond donors (Lipinski definition) is 0. The van der Waals surface area contributed by atoms with E-state index < -0.39 is 0 Å². The molecule has 0 saturated carbocycles. The second kappa shape index (κ2) is 5.35. The summed E-state index contributed by atoms with van der Waals surface area (Å²) in [5, 5.41) is 0. The molecule has 13 heavy (non-hydrogen) atoms. The lowest BCUT2D eigenvalue weighted by Crippen LogP contribution is -2.26. The molecule has 1 fully saturated rings. The van der Waals surface area contributed by atoms with Gasteiger partial charge in [0, 0.05) is 32.7 Å². The van der Waals surface area contributed by atoms with E-state index in [-0.39, 0.29) is 12.0 Å². The second-order valence-corrected chi connectivity index (χ2v) is 3.60. The molecule has 1 heterocycles. The van der Waals surface area contributed by atoms with Gasteiger partial charge < -0.3 is 9.47 Å². The van der Waals surface area contributed by atoms with Crippen LogP contribution in [0.4, 0.5) is 0 Å². The third kappa shape index (κ3) is 3.44. The lowest BCUT2D eigenvalue weighted by Gasteiger charge is -2.21. The molecule has 1 atom stereocenters. The molecule has 3 heteroatoms. The van der Waals surface area contributed by atoms with Crippen LogP contribution in [-0.4, -0.2) is 32.2 Å². The number of carbonyl (C=O) groups is 1. The van der Waals surface area contributed by atoms with E-state index in [1.807, 2.05) is 6.92 Å². The lowest BCUT2D eigenvalue weighted by atomic mass is 9.92. The summed E-state index contributed by atoms with van der Waals surface area (Å²) in [4.78, 5) is 11.6. The third-order valence-electron chi connectivity index (χ3n) is 2.57. The van der Waals surface area contributed by atoms with Gasteiger partial charge in [0.2, 0.25) is 0 Å². The zero-order valence-corrected chi connectivity index (χ0v) is 8.41. The SMILES string of the molecule is COC(C)CC(=O)C1CCOCC1. The largest absolute Gasteiger partial charge is 0.381 e. The van der Waals surface area contributed by atoms with Gasteiger partial charge in [0.15, 0.2) is 0 Å². The molecule has 1 aliphatic rings. The average Bonchev–Trinajstić information content (AvgIpc) is 2.19. The summed E-state index contributed by atoms with van der Waals surface area (Å²) in [6.45, 7) is 3.40. The number of ketones is 1. The highest BCUT2D eigenvalue weighted by molar-refractivity contribution is 5.81. The molecule has 0 bridgehead atoms. The van der Waals surface area contributed by atoms with E-state index in [2.05, 4.69) is 0 Å². The Bertz CT molecular complexity index is 162. The highest BCUT2D eigenvalue weighted by Crippen LogP contribution is 2.18. The molecule has 0 amide bonds. The Morgan fingerprint density at radius 1 is 1.54 bits per heavy atom. The maximum atomic E-state index is 11.6. The van der Waals surface area contributed by atoms with E-state index in [9.17, 15) is 4.79 Å². The van der Waals surface area contributed by atoms with E-state index >= 15 is 0 Å². The molecule has 0 aromatic heterocycles. The third-order valence-corrected chi connectivity index (χ3v) is 2.57. The fourth-order valence-electron chi connectivity index (χ4n) is 1.55. The number of rotatable bonds is 4. The Hall–Kier alpha value is -0.410. The Labute approximate surface area is 79.4 Å². The van der Waals surface area contributed by atoms with Gasteiger partial charge in [-0.1, -0.05) is 0 Å². The topological polar surface area (TPSA) is 35.5 Å². The van der Waals surface area contributed by atoms with Crippen molar-refractivity contribution in [2.45, 2.75) is 32.3 Å². The molecular weight excluding hydrogens is 168 g/mol. The quantitative estimate of drug-likeness (QED) is 0.666. The van der Waals surface area contributed by atoms with E-state index in [0.29, 0.717) is 12.2 Å². The van der Waals surface area contributed by atoms with Gasteiger partial charge in [-0.15, -0.1) is 0 Å². The van der Waals surface area contributed by atoms with Crippen molar-refractivity contribution in [2.75, 3.05) is 20.3 Å². The van der Waals surface area contributed by atoms with E-state index in [0.717, 1.165) is 26.1 Å². The van der Waals surface area contributed by atoms with Crippen LogP contribution in [0.3, 0.4) is 0 Å². The molecule has 0 aromatic carbocycles. The Balaban J connectivity index is 2.29. The Morgan fingerprint density at radius 3 is 2.69 bits per heavy atom. The highest BCUT2D eigenvalue weighted by atomic mass is 16.5. The second-order valence-electron chi connectivity index (χ2n) is 3.60. The summed E-state index contributed by atoms with van der Waals surface area (Å²) in [6.07, 6.45) is 2.36. The van der Waals surface area contributed by atoms with Crippen molar-refractivity contribution in [3.05, 3.63) is 0 Å². The van der Waals surface area contributed by atoms with Gasteiger partial charge in [0.1, 0.15) is 5.78 Å². The Kier molecular flexibility index (Phi) is 4.39. The molecule has 0 radical (unpaired) electrons. The van der Waals surface area contributed by atoms with Crippen molar-refractivity contribution in [3.63, 3.8) is 0 Å². The van der Waals surface area contributed by atoms with Crippen LogP contribution in [0.25, 0.3) is 0 Å². The molecule has 1 unspecified atom stereocenters. The molecule has 1 aliphatic heterocycles. The van der Waals surface area contributed by atoms with Crippen LogP contribution >= 0.6 is 0 Å². The fourth-order valence-corrected chi connectivity index (χ4v) is 1.55. The normalized spacial score (nSPS) is 21.4. The van der Waals surface area contributed by atoms with Gasteiger partial charge in [-0.25, -0.2) is 0 Å². The minimum atomic E-state index is 0.0512. The predicted octanol–water partition coefficient (Wildman–Crippen LogP) is 1.41. The zero-order valence-electron chi connectivity index (χ0n) is 8.41. The summed E-state index contributed by atoms with van der Waals surface area (Å²) < 4.78 is 10.3. The summed E-state index contributed by atoms with van der Waals surface area (Å²) in [6, 6.07) is 0. The van der Waals surface area contributed by atoms with Crippen LogP contribution in [0.2, 0.25) is 0 Å². The van der Waals surface area contributed by atoms with Gasteiger partial charge in [-0.05, 0) is 19.8 Å². The smallest absolute Gasteiger partial charge is 0.138 e. The van der Waals surface area contributed by atoms with Gasteiger partial charge in [0.05, 0.1) is 6.10 Å². The van der Waals surface area contributed by atoms with Gasteiger partial charge in [-0.2, -0.15) is 0 Å². The first-order chi connectivity index (χ1) is 6.24. The molecule has 0 aromatic rings. The summed E-state index contributed by atoms with van der Waals surface area (Å²) in [5.41, 5.74) is 0. The van der Waals surface area contributed by atoms with Crippen LogP contribution in [0.1, 0.15) is 26.2 Å². The van der Waals surface area contributed by atoms with Gasteiger partial charge in [-0.3, -0.25) is 4.79 Å². The van der Waals surface area contributed by atoms with Crippen LogP contribution in [0, 0.1) is 5.92 Å². The van der Waals surface area contributed by atoms with E-state index in [1.54, 1.807) is 7.11 Å². The maximum Gasteiger partial charge on any atom is 0.138 e. The number of hydrogen-bond acceptors (Lipinski definition) is 3. The van der Waals surface area contributed by atoms with Crippen LogP contribution in [-0.2, 0) is 14.3 Å². The van der Waals surface area contributed by atoms with Crippen molar-refractivity contribution in [1.29, 1.82) is 0 Å². The van der Waals surface area contributed by atoms with Gasteiger partial charge >= 0.3 is 0 Å². The van der Waals surface area contributed by atoms with Gasteiger partial charge in [0.25, 0.3) is 0 Å². The van der Waals surface area contributed by atoms with Crippen molar-refractivity contribution >= 4 is 5.78 Å². The number of Topliss-reactive ketones (excluding diaryl/α,β-unsaturated/α-hetero) is 1. The molecule has 76 valence electrons. The number of ether oxygens (including phenoxy) is 2. The van der Waals surface area contributed by atoms with Crippen molar-refractivity contribution in [1.82, 2.24) is 0 Å². The number of methoxy groups -OCH3 is 1. The molecule has 0 aliphatic carbocycles. The zero-order chi connectivity index (χ0) is 9.68. The molecule has 3 nitrogen and oxygen atoms in total. The molecular formula is C10H18O3. The van der Waals surface area contributed by atoms with Crippen LogP contribution < -0.4 is 0 Å². The molecule has 1 rings (SSSR count). The predicted molar refractivity (Wildman–Crippen MR) is 49.6 cm³/mol. The minimum Gasteiger partial charge on any atom is -0.381 e. The number of carbonyl (C=O) groups excluding carboxylic acids is 1. The molecule has 1 saturated heterocycles. The first-order valence-corrected chi connectivity index (χ1v) is 4.87. The van der Waals surface area contributed by atoms with Crippen LogP contribution in [0.15, 0.2) is 0 Å². The van der Waals surface area contributed by atoms with E-state index in [1.165, 1.54) is 0 Å². The lowest BCUT2D eigenvalue weighted by molar-refractivity contribution is -0.127. The first-order valence-electron chi connectivity index (χ1n) is 4.87. The summed E-state index contributed by atoms with van der Waals surface area (Å²) in [7, 11) is 1.64. The average molecular weight is 186 g/mol. The minimum absolute atomic E-state index is 0.0512. The van der Waals surface area contributed by atoms with Crippen molar-refractivity contribution < 1.29 is 14.3 Å². The molecule has 0 spiro atoms. The van der Waals surface area contributed by atoms with Crippen molar-refractivity contribution in [3.8, 4) is 0 Å². The standard InChI is InChI=1S/C10H18O3/c1-8(12-2)7-10(11)9-3-5-13-6-4-9/h8-9H,3-7H2,1-2H3.